The maximum atomic E-state index is 13.0. The molecule has 0 radical (unpaired) electrons. The minimum atomic E-state index is -4.58. The Morgan fingerprint density at radius 2 is 1.93 bits per heavy atom. The molecule has 27 heavy (non-hydrogen) atoms. The van der Waals surface area contributed by atoms with E-state index in [2.05, 4.69) is 10.4 Å². The van der Waals surface area contributed by atoms with E-state index >= 15 is 0 Å². The Labute approximate surface area is 153 Å². The SMILES string of the molecule is O=C(NC[C@H](O)c1ccccc1C(F)(F)F)c1cccc(-n2cccn2)c1. The lowest BCUT2D eigenvalue weighted by molar-refractivity contribution is -0.139. The zero-order chi connectivity index (χ0) is 19.4. The van der Waals surface area contributed by atoms with Gasteiger partial charge in [-0.2, -0.15) is 18.3 Å². The van der Waals surface area contributed by atoms with Crippen molar-refractivity contribution in [2.45, 2.75) is 12.3 Å². The lowest BCUT2D eigenvalue weighted by Crippen LogP contribution is -2.29. The van der Waals surface area contributed by atoms with E-state index < -0.39 is 23.8 Å². The second-order valence-corrected chi connectivity index (χ2v) is 5.81. The van der Waals surface area contributed by atoms with E-state index in [1.165, 1.54) is 18.2 Å². The van der Waals surface area contributed by atoms with Gasteiger partial charge in [-0.05, 0) is 35.9 Å². The van der Waals surface area contributed by atoms with E-state index in [1.807, 2.05) is 0 Å². The standard InChI is InChI=1S/C19H16F3N3O2/c20-19(21,22)16-8-2-1-7-15(16)17(26)12-23-18(27)13-5-3-6-14(11-13)25-10-4-9-24-25/h1-11,17,26H,12H2,(H,23,27)/t17-/m0/s1. The fourth-order valence-electron chi connectivity index (χ4n) is 2.66. The predicted octanol–water partition coefficient (Wildman–Crippen LogP) is 3.35. The number of amides is 1. The summed E-state index contributed by atoms with van der Waals surface area (Å²) in [5.74, 6) is -0.507. The average molecular weight is 375 g/mol. The van der Waals surface area contributed by atoms with E-state index in [0.29, 0.717) is 11.3 Å². The van der Waals surface area contributed by atoms with Crippen molar-refractivity contribution >= 4 is 5.91 Å². The first-order valence-electron chi connectivity index (χ1n) is 8.09. The molecule has 3 rings (SSSR count). The van der Waals surface area contributed by atoms with Crippen molar-refractivity contribution < 1.29 is 23.1 Å². The average Bonchev–Trinajstić information content (AvgIpc) is 3.20. The summed E-state index contributed by atoms with van der Waals surface area (Å²) in [6, 6.07) is 13.1. The number of aliphatic hydroxyl groups is 1. The summed E-state index contributed by atoms with van der Waals surface area (Å²) in [5.41, 5.74) is -0.238. The molecule has 0 saturated carbocycles. The van der Waals surface area contributed by atoms with Gasteiger partial charge in [0.25, 0.3) is 5.91 Å². The van der Waals surface area contributed by atoms with Crippen LogP contribution in [0.15, 0.2) is 67.0 Å². The molecule has 0 spiro atoms. The molecule has 0 aliphatic heterocycles. The third-order valence-corrected chi connectivity index (χ3v) is 3.96. The second-order valence-electron chi connectivity index (χ2n) is 5.81. The molecular weight excluding hydrogens is 359 g/mol. The van der Waals surface area contributed by atoms with E-state index in [9.17, 15) is 23.1 Å². The van der Waals surface area contributed by atoms with E-state index in [4.69, 9.17) is 0 Å². The van der Waals surface area contributed by atoms with Crippen molar-refractivity contribution in [3.05, 3.63) is 83.7 Å². The Morgan fingerprint density at radius 1 is 1.15 bits per heavy atom. The molecule has 140 valence electrons. The van der Waals surface area contributed by atoms with Gasteiger partial charge >= 0.3 is 6.18 Å². The summed E-state index contributed by atoms with van der Waals surface area (Å²) in [6.45, 7) is -0.349. The van der Waals surface area contributed by atoms with Crippen molar-refractivity contribution in [3.8, 4) is 5.69 Å². The van der Waals surface area contributed by atoms with Gasteiger partial charge in [0, 0.05) is 24.5 Å². The number of aliphatic hydroxyl groups excluding tert-OH is 1. The van der Waals surface area contributed by atoms with Gasteiger partial charge < -0.3 is 10.4 Å². The number of halogens is 3. The molecule has 0 fully saturated rings. The van der Waals surface area contributed by atoms with E-state index in [1.54, 1.807) is 47.4 Å². The third kappa shape index (κ3) is 4.35. The third-order valence-electron chi connectivity index (χ3n) is 3.96. The van der Waals surface area contributed by atoms with Gasteiger partial charge in [0.2, 0.25) is 0 Å². The Bertz CT molecular complexity index is 924. The smallest absolute Gasteiger partial charge is 0.387 e. The number of nitrogens with one attached hydrogen (secondary N) is 1. The monoisotopic (exact) mass is 375 g/mol. The largest absolute Gasteiger partial charge is 0.416 e. The van der Waals surface area contributed by atoms with Crippen molar-refractivity contribution in [1.82, 2.24) is 15.1 Å². The molecule has 1 aromatic heterocycles. The number of alkyl halides is 3. The summed E-state index contributed by atoms with van der Waals surface area (Å²) in [6.07, 6.45) is -2.75. The van der Waals surface area contributed by atoms with Crippen molar-refractivity contribution in [2.75, 3.05) is 6.54 Å². The van der Waals surface area contributed by atoms with Crippen molar-refractivity contribution in [3.63, 3.8) is 0 Å². The Hall–Kier alpha value is -3.13. The number of carbonyl (C=O) groups excluding carboxylic acids is 1. The molecule has 0 aliphatic rings. The summed E-state index contributed by atoms with van der Waals surface area (Å²) in [4.78, 5) is 12.3. The summed E-state index contributed by atoms with van der Waals surface area (Å²) in [7, 11) is 0. The molecule has 0 unspecified atom stereocenters. The maximum Gasteiger partial charge on any atom is 0.416 e. The molecule has 0 saturated heterocycles. The molecule has 5 nitrogen and oxygen atoms in total. The van der Waals surface area contributed by atoms with E-state index in [0.717, 1.165) is 6.07 Å². The molecule has 1 heterocycles. The van der Waals surface area contributed by atoms with Gasteiger partial charge in [-0.25, -0.2) is 4.68 Å². The van der Waals surface area contributed by atoms with Crippen LogP contribution in [-0.2, 0) is 6.18 Å². The van der Waals surface area contributed by atoms with Crippen LogP contribution in [0.1, 0.15) is 27.6 Å². The molecule has 0 bridgehead atoms. The zero-order valence-electron chi connectivity index (χ0n) is 14.0. The van der Waals surface area contributed by atoms with Gasteiger partial charge in [-0.1, -0.05) is 24.3 Å². The minimum absolute atomic E-state index is 0.282. The fourth-order valence-corrected chi connectivity index (χ4v) is 2.66. The van der Waals surface area contributed by atoms with Crippen LogP contribution < -0.4 is 5.32 Å². The molecule has 8 heteroatoms. The topological polar surface area (TPSA) is 67.2 Å². The summed E-state index contributed by atoms with van der Waals surface area (Å²) in [5, 5.41) is 16.7. The number of benzene rings is 2. The van der Waals surface area contributed by atoms with Crippen LogP contribution in [0.3, 0.4) is 0 Å². The van der Waals surface area contributed by atoms with Crippen LogP contribution in [-0.4, -0.2) is 27.3 Å². The van der Waals surface area contributed by atoms with Crippen LogP contribution in [0.4, 0.5) is 13.2 Å². The minimum Gasteiger partial charge on any atom is -0.387 e. The number of aromatic nitrogens is 2. The van der Waals surface area contributed by atoms with Crippen molar-refractivity contribution in [2.24, 2.45) is 0 Å². The quantitative estimate of drug-likeness (QED) is 0.719. The Balaban J connectivity index is 1.71. The number of hydrogen-bond donors (Lipinski definition) is 2. The molecule has 2 N–H and O–H groups in total. The Kier molecular flexibility index (Phi) is 5.27. The van der Waals surface area contributed by atoms with Crippen LogP contribution in [0.2, 0.25) is 0 Å². The zero-order valence-corrected chi connectivity index (χ0v) is 14.0. The number of rotatable bonds is 5. The summed E-state index contributed by atoms with van der Waals surface area (Å²) >= 11 is 0. The molecule has 2 aromatic carbocycles. The molecule has 1 atom stereocenters. The van der Waals surface area contributed by atoms with Crippen molar-refractivity contribution in [1.29, 1.82) is 0 Å². The second kappa shape index (κ2) is 7.63. The fraction of sp³-hybridized carbons (Fsp3) is 0.158. The van der Waals surface area contributed by atoms with Crippen LogP contribution in [0, 0.1) is 0 Å². The van der Waals surface area contributed by atoms with Gasteiger partial charge in [0.1, 0.15) is 0 Å². The Morgan fingerprint density at radius 3 is 2.63 bits per heavy atom. The molecule has 1 amide bonds. The normalized spacial score (nSPS) is 12.6. The highest BCUT2D eigenvalue weighted by atomic mass is 19.4. The molecule has 0 aliphatic carbocycles. The van der Waals surface area contributed by atoms with Gasteiger partial charge in [0.05, 0.1) is 17.4 Å². The first kappa shape index (κ1) is 18.7. The molecule has 3 aromatic rings. The molecular formula is C19H16F3N3O2. The highest BCUT2D eigenvalue weighted by Gasteiger charge is 2.34. The van der Waals surface area contributed by atoms with Gasteiger partial charge in [-0.3, -0.25) is 4.79 Å². The highest BCUT2D eigenvalue weighted by Crippen LogP contribution is 2.34. The highest BCUT2D eigenvalue weighted by molar-refractivity contribution is 5.94. The van der Waals surface area contributed by atoms with E-state index in [-0.39, 0.29) is 12.1 Å². The lowest BCUT2D eigenvalue weighted by atomic mass is 10.0. The van der Waals surface area contributed by atoms with Gasteiger partial charge in [0.15, 0.2) is 0 Å². The van der Waals surface area contributed by atoms with Gasteiger partial charge in [-0.15, -0.1) is 0 Å². The number of carbonyl (C=O) groups is 1. The van der Waals surface area contributed by atoms with Crippen LogP contribution in [0.25, 0.3) is 5.69 Å². The number of hydrogen-bond acceptors (Lipinski definition) is 3. The lowest BCUT2D eigenvalue weighted by Gasteiger charge is -2.18. The first-order chi connectivity index (χ1) is 12.9. The predicted molar refractivity (Wildman–Crippen MR) is 92.3 cm³/mol. The summed E-state index contributed by atoms with van der Waals surface area (Å²) < 4.78 is 40.7. The number of nitrogens with zero attached hydrogens (tertiary/aromatic N) is 2. The first-order valence-corrected chi connectivity index (χ1v) is 8.09. The van der Waals surface area contributed by atoms with Crippen LogP contribution in [0.5, 0.6) is 0 Å². The van der Waals surface area contributed by atoms with Crippen LogP contribution >= 0.6 is 0 Å². The maximum absolute atomic E-state index is 13.0.